The third-order valence-corrected chi connectivity index (χ3v) is 5.01. The van der Waals surface area contributed by atoms with E-state index in [4.69, 9.17) is 4.98 Å². The lowest BCUT2D eigenvalue weighted by Gasteiger charge is -2.27. The summed E-state index contributed by atoms with van der Waals surface area (Å²) in [6, 6.07) is 7.88. The molecule has 25 heavy (non-hydrogen) atoms. The fourth-order valence-corrected chi connectivity index (χ4v) is 3.49. The summed E-state index contributed by atoms with van der Waals surface area (Å²) in [6.07, 6.45) is 4.94. The molecule has 0 bridgehead atoms. The molecule has 0 unspecified atom stereocenters. The Hall–Kier alpha value is -2.60. The maximum Gasteiger partial charge on any atom is 0.255 e. The minimum atomic E-state index is 0.0289. The number of para-hydroxylation sites is 2. The van der Waals surface area contributed by atoms with Crippen LogP contribution in [0.2, 0.25) is 0 Å². The molecule has 0 saturated heterocycles. The summed E-state index contributed by atoms with van der Waals surface area (Å²) in [7, 11) is 0. The Balaban J connectivity index is 1.38. The normalized spacial score (nSPS) is 17.6. The second kappa shape index (κ2) is 5.74. The minimum Gasteiger partial charge on any atom is -0.310 e. The van der Waals surface area contributed by atoms with Gasteiger partial charge in [0.05, 0.1) is 34.2 Å². The maximum absolute atomic E-state index is 12.4. The van der Waals surface area contributed by atoms with Crippen molar-refractivity contribution < 1.29 is 0 Å². The fourth-order valence-electron chi connectivity index (χ4n) is 3.49. The monoisotopic (exact) mass is 333 g/mol. The van der Waals surface area contributed by atoms with Gasteiger partial charge in [-0.3, -0.25) is 14.7 Å². The molecule has 2 aromatic heterocycles. The Bertz CT molecular complexity index is 1010. The lowest BCUT2D eigenvalue weighted by Crippen LogP contribution is -2.36. The summed E-state index contributed by atoms with van der Waals surface area (Å²) in [4.78, 5) is 31.5. The van der Waals surface area contributed by atoms with E-state index in [0.717, 1.165) is 59.6 Å². The Morgan fingerprint density at radius 2 is 2.00 bits per heavy atom. The van der Waals surface area contributed by atoms with Crippen LogP contribution >= 0.6 is 0 Å². The number of aromatic amines is 1. The zero-order valence-corrected chi connectivity index (χ0v) is 13.9. The molecule has 5 rings (SSSR count). The number of hydrogen-bond donors (Lipinski definition) is 1. The van der Waals surface area contributed by atoms with Crippen molar-refractivity contribution in [1.29, 1.82) is 0 Å². The summed E-state index contributed by atoms with van der Waals surface area (Å²) in [6.45, 7) is 2.21. The van der Waals surface area contributed by atoms with Gasteiger partial charge >= 0.3 is 0 Å². The number of aromatic nitrogens is 4. The first-order chi connectivity index (χ1) is 12.3. The van der Waals surface area contributed by atoms with Gasteiger partial charge in [0.1, 0.15) is 5.82 Å². The van der Waals surface area contributed by atoms with Crippen molar-refractivity contribution in [2.24, 2.45) is 0 Å². The Kier molecular flexibility index (Phi) is 3.38. The van der Waals surface area contributed by atoms with Crippen molar-refractivity contribution in [1.82, 2.24) is 24.8 Å². The van der Waals surface area contributed by atoms with E-state index in [1.165, 1.54) is 0 Å². The van der Waals surface area contributed by atoms with Crippen molar-refractivity contribution in [3.05, 3.63) is 63.6 Å². The Morgan fingerprint density at radius 1 is 1.16 bits per heavy atom. The van der Waals surface area contributed by atoms with Gasteiger partial charge in [-0.25, -0.2) is 9.97 Å². The molecule has 1 aliphatic carbocycles. The predicted octanol–water partition coefficient (Wildman–Crippen LogP) is 2.15. The highest BCUT2D eigenvalue weighted by molar-refractivity contribution is 5.73. The van der Waals surface area contributed by atoms with Gasteiger partial charge < -0.3 is 4.98 Å². The highest BCUT2D eigenvalue weighted by Crippen LogP contribution is 2.37. The van der Waals surface area contributed by atoms with Crippen LogP contribution in [0.15, 0.2) is 35.3 Å². The summed E-state index contributed by atoms with van der Waals surface area (Å²) >= 11 is 0. The van der Waals surface area contributed by atoms with E-state index >= 15 is 0 Å². The second-order valence-electron chi connectivity index (χ2n) is 6.96. The van der Waals surface area contributed by atoms with Crippen LogP contribution in [0.25, 0.3) is 11.0 Å². The quantitative estimate of drug-likeness (QED) is 0.795. The molecule has 0 spiro atoms. The van der Waals surface area contributed by atoms with E-state index < -0.39 is 0 Å². The SMILES string of the molecule is O=c1[nH]c(C2CC2)nc2c1CN(Cc1cnc3ccccc3n1)CC2. The Morgan fingerprint density at radius 3 is 2.84 bits per heavy atom. The molecule has 1 aromatic carbocycles. The van der Waals surface area contributed by atoms with Gasteiger partial charge in [-0.1, -0.05) is 12.1 Å². The summed E-state index contributed by atoms with van der Waals surface area (Å²) in [5.74, 6) is 1.36. The van der Waals surface area contributed by atoms with Crippen LogP contribution in [-0.4, -0.2) is 31.4 Å². The average molecular weight is 333 g/mol. The fraction of sp³-hybridized carbons (Fsp3) is 0.368. The summed E-state index contributed by atoms with van der Waals surface area (Å²) in [5, 5.41) is 0. The van der Waals surface area contributed by atoms with E-state index in [0.29, 0.717) is 19.0 Å². The zero-order valence-electron chi connectivity index (χ0n) is 13.9. The largest absolute Gasteiger partial charge is 0.310 e. The highest BCUT2D eigenvalue weighted by atomic mass is 16.1. The van der Waals surface area contributed by atoms with Gasteiger partial charge in [0.2, 0.25) is 0 Å². The third-order valence-electron chi connectivity index (χ3n) is 5.01. The lowest BCUT2D eigenvalue weighted by atomic mass is 10.1. The maximum atomic E-state index is 12.4. The molecule has 3 aromatic rings. The van der Waals surface area contributed by atoms with E-state index in [1.54, 1.807) is 0 Å². The summed E-state index contributed by atoms with van der Waals surface area (Å²) in [5.41, 5.74) is 4.56. The molecule has 1 aliphatic heterocycles. The molecule has 1 saturated carbocycles. The van der Waals surface area contributed by atoms with Gasteiger partial charge in [-0.05, 0) is 25.0 Å². The van der Waals surface area contributed by atoms with Crippen LogP contribution in [0.1, 0.15) is 41.5 Å². The molecule has 126 valence electrons. The van der Waals surface area contributed by atoms with Crippen molar-refractivity contribution in [3.8, 4) is 0 Å². The first kappa shape index (κ1) is 14.7. The van der Waals surface area contributed by atoms with Crippen LogP contribution in [0, 0.1) is 0 Å². The first-order valence-electron chi connectivity index (χ1n) is 8.81. The molecule has 1 N–H and O–H groups in total. The van der Waals surface area contributed by atoms with E-state index in [-0.39, 0.29) is 5.56 Å². The molecule has 1 fully saturated rings. The van der Waals surface area contributed by atoms with Gasteiger partial charge in [-0.15, -0.1) is 0 Å². The van der Waals surface area contributed by atoms with Crippen molar-refractivity contribution in [3.63, 3.8) is 0 Å². The van der Waals surface area contributed by atoms with Gasteiger partial charge in [-0.2, -0.15) is 0 Å². The van der Waals surface area contributed by atoms with Crippen molar-refractivity contribution in [2.75, 3.05) is 6.54 Å². The minimum absolute atomic E-state index is 0.0289. The van der Waals surface area contributed by atoms with Crippen LogP contribution in [0.5, 0.6) is 0 Å². The van der Waals surface area contributed by atoms with E-state index in [2.05, 4.69) is 19.9 Å². The molecule has 2 aliphatic rings. The molecular formula is C19H19N5O. The smallest absolute Gasteiger partial charge is 0.255 e. The predicted molar refractivity (Wildman–Crippen MR) is 94.2 cm³/mol. The average Bonchev–Trinajstić information content (AvgIpc) is 3.47. The standard InChI is InChI=1S/C19H19N5O/c25-19-14-11-24(8-7-15(14)22-18(23-19)12-5-6-12)10-13-9-20-16-3-1-2-4-17(16)21-13/h1-4,9,12H,5-8,10-11H2,(H,22,23,25). The van der Waals surface area contributed by atoms with E-state index in [9.17, 15) is 4.79 Å². The molecule has 6 heteroatoms. The number of rotatable bonds is 3. The van der Waals surface area contributed by atoms with Crippen LogP contribution < -0.4 is 5.56 Å². The number of hydrogen-bond acceptors (Lipinski definition) is 5. The molecule has 0 amide bonds. The first-order valence-corrected chi connectivity index (χ1v) is 8.81. The van der Waals surface area contributed by atoms with Crippen molar-refractivity contribution in [2.45, 2.75) is 38.3 Å². The highest BCUT2D eigenvalue weighted by Gasteiger charge is 2.29. The van der Waals surface area contributed by atoms with Gasteiger partial charge in [0.15, 0.2) is 0 Å². The Labute approximate surface area is 145 Å². The number of fused-ring (bicyclic) bond motifs is 2. The molecule has 0 radical (unpaired) electrons. The number of nitrogens with zero attached hydrogens (tertiary/aromatic N) is 4. The number of H-pyrrole nitrogens is 1. The summed E-state index contributed by atoms with van der Waals surface area (Å²) < 4.78 is 0. The molecule has 3 heterocycles. The molecule has 6 nitrogen and oxygen atoms in total. The number of nitrogens with one attached hydrogen (secondary N) is 1. The molecular weight excluding hydrogens is 314 g/mol. The lowest BCUT2D eigenvalue weighted by molar-refractivity contribution is 0.238. The van der Waals surface area contributed by atoms with Gasteiger partial charge in [0.25, 0.3) is 5.56 Å². The van der Waals surface area contributed by atoms with Crippen LogP contribution in [0.4, 0.5) is 0 Å². The van der Waals surface area contributed by atoms with Crippen LogP contribution in [0.3, 0.4) is 0 Å². The molecule has 0 atom stereocenters. The third kappa shape index (κ3) is 2.82. The second-order valence-corrected chi connectivity index (χ2v) is 6.96. The zero-order chi connectivity index (χ0) is 16.8. The number of benzene rings is 1. The van der Waals surface area contributed by atoms with Crippen molar-refractivity contribution >= 4 is 11.0 Å². The van der Waals surface area contributed by atoms with E-state index in [1.807, 2.05) is 30.5 Å². The van der Waals surface area contributed by atoms with Gasteiger partial charge in [0, 0.05) is 32.0 Å². The topological polar surface area (TPSA) is 74.8 Å². The van der Waals surface area contributed by atoms with Crippen LogP contribution in [-0.2, 0) is 19.5 Å².